The molecule has 4 rings (SSSR count). The van der Waals surface area contributed by atoms with E-state index in [0.29, 0.717) is 12.6 Å². The summed E-state index contributed by atoms with van der Waals surface area (Å²) < 4.78 is 5.35. The fourth-order valence-corrected chi connectivity index (χ4v) is 4.29. The lowest BCUT2D eigenvalue weighted by Gasteiger charge is -2.28. The standard InChI is InChI=1S/C18H19NO2/c20-17-18(10-12-21-17)15(13-19-11-4-7-16(18)19)9-8-14-5-2-1-3-6-14/h1-3,5-6,15-16H,4,7,10-13H2/t15-,16+,18+/m0/s1. The van der Waals surface area contributed by atoms with Crippen molar-refractivity contribution in [3.05, 3.63) is 35.9 Å². The number of hydrogen-bond donors (Lipinski definition) is 0. The Kier molecular flexibility index (Phi) is 3.01. The molecule has 3 heteroatoms. The molecule has 21 heavy (non-hydrogen) atoms. The minimum Gasteiger partial charge on any atom is -0.465 e. The number of esters is 1. The zero-order valence-electron chi connectivity index (χ0n) is 12.0. The molecule has 1 aromatic carbocycles. The lowest BCUT2D eigenvalue weighted by molar-refractivity contribution is -0.148. The second-order valence-electron chi connectivity index (χ2n) is 6.27. The molecule has 1 spiro atoms. The van der Waals surface area contributed by atoms with Crippen molar-refractivity contribution in [1.29, 1.82) is 0 Å². The second kappa shape index (κ2) is 4.89. The first-order chi connectivity index (χ1) is 10.3. The summed E-state index contributed by atoms with van der Waals surface area (Å²) in [6, 6.07) is 10.4. The Morgan fingerprint density at radius 1 is 1.29 bits per heavy atom. The van der Waals surface area contributed by atoms with Crippen LogP contribution in [0.3, 0.4) is 0 Å². The normalized spacial score (nSPS) is 34.6. The van der Waals surface area contributed by atoms with E-state index in [4.69, 9.17) is 4.74 Å². The summed E-state index contributed by atoms with van der Waals surface area (Å²) in [4.78, 5) is 14.9. The Morgan fingerprint density at radius 3 is 2.90 bits per heavy atom. The summed E-state index contributed by atoms with van der Waals surface area (Å²) >= 11 is 0. The average molecular weight is 281 g/mol. The van der Waals surface area contributed by atoms with Gasteiger partial charge in [-0.1, -0.05) is 30.0 Å². The molecule has 0 radical (unpaired) electrons. The predicted molar refractivity (Wildman–Crippen MR) is 79.4 cm³/mol. The van der Waals surface area contributed by atoms with Crippen molar-refractivity contribution in [2.24, 2.45) is 11.3 Å². The molecule has 0 saturated carbocycles. The molecule has 0 N–H and O–H groups in total. The van der Waals surface area contributed by atoms with Gasteiger partial charge in [-0.25, -0.2) is 0 Å². The number of fused-ring (bicyclic) bond motifs is 2. The average Bonchev–Trinajstić information content (AvgIpc) is 3.17. The third kappa shape index (κ3) is 1.90. The summed E-state index contributed by atoms with van der Waals surface area (Å²) in [7, 11) is 0. The maximum atomic E-state index is 12.4. The number of carbonyl (C=O) groups excluding carboxylic acids is 1. The molecule has 3 nitrogen and oxygen atoms in total. The van der Waals surface area contributed by atoms with Crippen molar-refractivity contribution in [2.45, 2.75) is 25.3 Å². The predicted octanol–water partition coefficient (Wildman–Crippen LogP) is 2.07. The Bertz CT molecular complexity index is 615. The van der Waals surface area contributed by atoms with Crippen molar-refractivity contribution in [3.8, 4) is 11.8 Å². The molecule has 3 fully saturated rings. The van der Waals surface area contributed by atoms with Crippen LogP contribution in [0.2, 0.25) is 0 Å². The molecule has 3 atom stereocenters. The van der Waals surface area contributed by atoms with Gasteiger partial charge in [0.1, 0.15) is 5.41 Å². The fourth-order valence-electron chi connectivity index (χ4n) is 4.29. The van der Waals surface area contributed by atoms with E-state index in [1.807, 2.05) is 30.3 Å². The molecule has 3 heterocycles. The summed E-state index contributed by atoms with van der Waals surface area (Å²) in [5.74, 6) is 6.76. The monoisotopic (exact) mass is 281 g/mol. The van der Waals surface area contributed by atoms with Crippen LogP contribution in [-0.2, 0) is 9.53 Å². The zero-order valence-corrected chi connectivity index (χ0v) is 12.0. The van der Waals surface area contributed by atoms with Gasteiger partial charge in [0.2, 0.25) is 0 Å². The summed E-state index contributed by atoms with van der Waals surface area (Å²) in [5.41, 5.74) is 0.657. The third-order valence-electron chi connectivity index (χ3n) is 5.29. The molecule has 0 aliphatic carbocycles. The number of benzene rings is 1. The van der Waals surface area contributed by atoms with E-state index >= 15 is 0 Å². The smallest absolute Gasteiger partial charge is 0.315 e. The van der Waals surface area contributed by atoms with E-state index in [2.05, 4.69) is 16.7 Å². The molecule has 108 valence electrons. The van der Waals surface area contributed by atoms with Crippen molar-refractivity contribution in [1.82, 2.24) is 4.90 Å². The lowest BCUT2D eigenvalue weighted by atomic mass is 9.71. The Hall–Kier alpha value is -1.79. The summed E-state index contributed by atoms with van der Waals surface area (Å²) in [6.45, 7) is 2.58. The van der Waals surface area contributed by atoms with Gasteiger partial charge < -0.3 is 4.74 Å². The van der Waals surface area contributed by atoms with E-state index in [1.54, 1.807) is 0 Å². The number of cyclic esters (lactones) is 1. The maximum Gasteiger partial charge on any atom is 0.315 e. The van der Waals surface area contributed by atoms with E-state index in [0.717, 1.165) is 31.5 Å². The van der Waals surface area contributed by atoms with Gasteiger partial charge in [0.15, 0.2) is 0 Å². The molecule has 3 saturated heterocycles. The van der Waals surface area contributed by atoms with Crippen molar-refractivity contribution >= 4 is 5.97 Å². The summed E-state index contributed by atoms with van der Waals surface area (Å²) in [6.07, 6.45) is 3.14. The number of hydrogen-bond acceptors (Lipinski definition) is 3. The largest absolute Gasteiger partial charge is 0.465 e. The van der Waals surface area contributed by atoms with Crippen LogP contribution in [0.25, 0.3) is 0 Å². The van der Waals surface area contributed by atoms with Crippen LogP contribution in [0.1, 0.15) is 24.8 Å². The van der Waals surface area contributed by atoms with Crippen LogP contribution in [0.15, 0.2) is 30.3 Å². The molecule has 0 amide bonds. The second-order valence-corrected chi connectivity index (χ2v) is 6.27. The van der Waals surface area contributed by atoms with Gasteiger partial charge in [0.05, 0.1) is 12.5 Å². The van der Waals surface area contributed by atoms with Crippen LogP contribution in [0, 0.1) is 23.2 Å². The van der Waals surface area contributed by atoms with Crippen molar-refractivity contribution < 1.29 is 9.53 Å². The molecule has 3 aliphatic rings. The summed E-state index contributed by atoms with van der Waals surface area (Å²) in [5, 5.41) is 0. The van der Waals surface area contributed by atoms with Gasteiger partial charge in [0, 0.05) is 24.6 Å². The molecule has 0 bridgehead atoms. The van der Waals surface area contributed by atoms with E-state index in [9.17, 15) is 4.79 Å². The first kappa shape index (κ1) is 12.9. The Balaban J connectivity index is 1.68. The van der Waals surface area contributed by atoms with Gasteiger partial charge in [-0.15, -0.1) is 0 Å². The van der Waals surface area contributed by atoms with Crippen LogP contribution < -0.4 is 0 Å². The SMILES string of the molecule is O=C1OCC[C@]12[C@@H](C#Cc1ccccc1)CN1CCC[C@@H]12. The first-order valence-corrected chi connectivity index (χ1v) is 7.78. The Labute approximate surface area is 125 Å². The highest BCUT2D eigenvalue weighted by atomic mass is 16.5. The molecular formula is C18H19NO2. The molecule has 0 aromatic heterocycles. The van der Waals surface area contributed by atoms with Crippen LogP contribution in [-0.4, -0.2) is 36.6 Å². The molecule has 0 unspecified atom stereocenters. The molecular weight excluding hydrogens is 262 g/mol. The minimum atomic E-state index is -0.363. The van der Waals surface area contributed by atoms with Crippen molar-refractivity contribution in [2.75, 3.05) is 19.7 Å². The highest BCUT2D eigenvalue weighted by Crippen LogP contribution is 2.51. The van der Waals surface area contributed by atoms with E-state index < -0.39 is 0 Å². The van der Waals surface area contributed by atoms with Crippen LogP contribution >= 0.6 is 0 Å². The minimum absolute atomic E-state index is 0.00994. The van der Waals surface area contributed by atoms with E-state index in [-0.39, 0.29) is 17.3 Å². The zero-order chi connectivity index (χ0) is 14.3. The molecule has 3 aliphatic heterocycles. The number of nitrogens with zero attached hydrogens (tertiary/aromatic N) is 1. The highest BCUT2D eigenvalue weighted by Gasteiger charge is 2.62. The topological polar surface area (TPSA) is 29.5 Å². The van der Waals surface area contributed by atoms with Gasteiger partial charge in [-0.3, -0.25) is 9.69 Å². The maximum absolute atomic E-state index is 12.4. The van der Waals surface area contributed by atoms with Crippen LogP contribution in [0.4, 0.5) is 0 Å². The quantitative estimate of drug-likeness (QED) is 0.538. The third-order valence-corrected chi connectivity index (χ3v) is 5.29. The van der Waals surface area contributed by atoms with Gasteiger partial charge in [-0.2, -0.15) is 0 Å². The number of rotatable bonds is 0. The van der Waals surface area contributed by atoms with Gasteiger partial charge in [-0.05, 0) is 31.5 Å². The van der Waals surface area contributed by atoms with Gasteiger partial charge >= 0.3 is 5.97 Å². The fraction of sp³-hybridized carbons (Fsp3) is 0.500. The number of carbonyl (C=O) groups is 1. The number of ether oxygens (including phenoxy) is 1. The lowest BCUT2D eigenvalue weighted by Crippen LogP contribution is -2.41. The van der Waals surface area contributed by atoms with E-state index in [1.165, 1.54) is 6.42 Å². The Morgan fingerprint density at radius 2 is 2.14 bits per heavy atom. The van der Waals surface area contributed by atoms with Crippen molar-refractivity contribution in [3.63, 3.8) is 0 Å². The molecule has 1 aromatic rings. The highest BCUT2D eigenvalue weighted by molar-refractivity contribution is 5.81. The van der Waals surface area contributed by atoms with Gasteiger partial charge in [0.25, 0.3) is 0 Å². The first-order valence-electron chi connectivity index (χ1n) is 7.78. The van der Waals surface area contributed by atoms with Crippen LogP contribution in [0.5, 0.6) is 0 Å².